The van der Waals surface area contributed by atoms with Crippen LogP contribution in [0.2, 0.25) is 0 Å². The van der Waals surface area contributed by atoms with Crippen LogP contribution in [-0.2, 0) is 9.53 Å². The van der Waals surface area contributed by atoms with Crippen LogP contribution in [0.5, 0.6) is 11.5 Å². The first-order chi connectivity index (χ1) is 14.0. The van der Waals surface area contributed by atoms with E-state index in [-0.39, 0.29) is 18.3 Å². The van der Waals surface area contributed by atoms with Gasteiger partial charge in [-0.15, -0.1) is 0 Å². The molecule has 2 aromatic carbocycles. The number of fused-ring (bicyclic) bond motifs is 1. The average molecular weight is 398 g/mol. The Labute approximate surface area is 168 Å². The largest absolute Gasteiger partial charge is 0.465 e. The van der Waals surface area contributed by atoms with E-state index in [1.54, 1.807) is 37.1 Å². The number of carbonyl (C=O) groups is 1. The number of likely N-dealkylation sites (N-methyl/N-ethyl adjacent to an activating group) is 1. The molecule has 4 rings (SSSR count). The maximum Gasteiger partial charge on any atom is 0.324 e. The zero-order chi connectivity index (χ0) is 20.5. The summed E-state index contributed by atoms with van der Waals surface area (Å²) in [5, 5.41) is 12.2. The quantitative estimate of drug-likeness (QED) is 0.434. The third kappa shape index (κ3) is 3.29. The van der Waals surface area contributed by atoms with Crippen molar-refractivity contribution in [1.29, 1.82) is 0 Å². The van der Waals surface area contributed by atoms with E-state index in [1.807, 2.05) is 30.3 Å². The molecule has 0 saturated carbocycles. The number of rotatable bonds is 5. The number of hydrogen-bond donors (Lipinski definition) is 0. The highest BCUT2D eigenvalue weighted by Gasteiger charge is 2.58. The van der Waals surface area contributed by atoms with Gasteiger partial charge in [0.1, 0.15) is 12.1 Å². The molecule has 2 aliphatic rings. The summed E-state index contributed by atoms with van der Waals surface area (Å²) in [5.74, 6) is -0.0558. The molecule has 2 heterocycles. The Morgan fingerprint density at radius 2 is 1.90 bits per heavy atom. The van der Waals surface area contributed by atoms with E-state index in [9.17, 15) is 14.9 Å². The first kappa shape index (κ1) is 19.2. The van der Waals surface area contributed by atoms with Gasteiger partial charge < -0.3 is 14.2 Å². The molecule has 0 amide bonds. The second-order valence-electron chi connectivity index (χ2n) is 7.13. The summed E-state index contributed by atoms with van der Waals surface area (Å²) >= 11 is 0. The highest BCUT2D eigenvalue weighted by Crippen LogP contribution is 2.48. The standard InChI is InChI=1S/C21H22N2O6/c1-3-27-21(24)20-17(14-9-10-15-16(11-14)29-12-28-15)19(23(25)26)18(22(20)2)13-7-5-4-6-8-13/h4-11,17-20H,3,12H2,1-2H3. The van der Waals surface area contributed by atoms with Gasteiger partial charge >= 0.3 is 5.97 Å². The van der Waals surface area contributed by atoms with Crippen LogP contribution in [-0.4, -0.2) is 48.3 Å². The normalized spacial score (nSPS) is 25.7. The highest BCUT2D eigenvalue weighted by atomic mass is 16.7. The van der Waals surface area contributed by atoms with Crippen molar-refractivity contribution in [2.45, 2.75) is 31.0 Å². The van der Waals surface area contributed by atoms with E-state index >= 15 is 0 Å². The van der Waals surface area contributed by atoms with Gasteiger partial charge in [-0.1, -0.05) is 36.4 Å². The molecule has 0 radical (unpaired) electrons. The van der Waals surface area contributed by atoms with Crippen molar-refractivity contribution in [1.82, 2.24) is 4.90 Å². The van der Waals surface area contributed by atoms with Gasteiger partial charge in [-0.2, -0.15) is 0 Å². The fourth-order valence-electron chi connectivity index (χ4n) is 4.42. The molecule has 0 aliphatic carbocycles. The van der Waals surface area contributed by atoms with Gasteiger partial charge in [-0.05, 0) is 37.2 Å². The number of likely N-dealkylation sites (tertiary alicyclic amines) is 1. The maximum absolute atomic E-state index is 12.9. The van der Waals surface area contributed by atoms with Crippen molar-refractivity contribution < 1.29 is 23.9 Å². The molecule has 0 bridgehead atoms. The van der Waals surface area contributed by atoms with Crippen molar-refractivity contribution in [2.24, 2.45) is 0 Å². The number of esters is 1. The molecule has 29 heavy (non-hydrogen) atoms. The van der Waals surface area contributed by atoms with Crippen LogP contribution >= 0.6 is 0 Å². The molecule has 8 nitrogen and oxygen atoms in total. The Morgan fingerprint density at radius 1 is 1.17 bits per heavy atom. The Kier molecular flexibility index (Phi) is 5.10. The molecular weight excluding hydrogens is 376 g/mol. The van der Waals surface area contributed by atoms with Crippen molar-refractivity contribution >= 4 is 5.97 Å². The minimum atomic E-state index is -1.03. The van der Waals surface area contributed by atoms with E-state index in [0.29, 0.717) is 17.1 Å². The molecule has 8 heteroatoms. The second-order valence-corrected chi connectivity index (χ2v) is 7.13. The van der Waals surface area contributed by atoms with Crippen LogP contribution in [0.1, 0.15) is 30.0 Å². The molecule has 1 fully saturated rings. The lowest BCUT2D eigenvalue weighted by atomic mass is 9.85. The molecule has 0 aromatic heterocycles. The summed E-state index contributed by atoms with van der Waals surface area (Å²) in [6, 6.07) is 12.1. The van der Waals surface area contributed by atoms with Crippen LogP contribution in [0, 0.1) is 10.1 Å². The summed E-state index contributed by atoms with van der Waals surface area (Å²) in [7, 11) is 1.74. The van der Waals surface area contributed by atoms with Crippen molar-refractivity contribution in [3.63, 3.8) is 0 Å². The SMILES string of the molecule is CCOC(=O)C1C(c2ccc3c(c2)OCO3)C([N+](=O)[O-])C(c2ccccc2)N1C. The predicted molar refractivity (Wildman–Crippen MR) is 103 cm³/mol. The third-order valence-electron chi connectivity index (χ3n) is 5.60. The van der Waals surface area contributed by atoms with E-state index < -0.39 is 30.0 Å². The molecule has 4 unspecified atom stereocenters. The summed E-state index contributed by atoms with van der Waals surface area (Å²) in [6.07, 6.45) is 0. The van der Waals surface area contributed by atoms with Crippen molar-refractivity contribution in [2.75, 3.05) is 20.4 Å². The number of ether oxygens (including phenoxy) is 3. The van der Waals surface area contributed by atoms with Crippen molar-refractivity contribution in [3.05, 3.63) is 69.8 Å². The lowest BCUT2D eigenvalue weighted by Crippen LogP contribution is -2.38. The summed E-state index contributed by atoms with van der Waals surface area (Å²) in [4.78, 5) is 26.6. The van der Waals surface area contributed by atoms with Crippen molar-refractivity contribution in [3.8, 4) is 11.5 Å². The molecular formula is C21H22N2O6. The van der Waals surface area contributed by atoms with Gasteiger partial charge in [-0.3, -0.25) is 19.8 Å². The molecule has 1 saturated heterocycles. The number of carbonyl (C=O) groups excluding carboxylic acids is 1. The van der Waals surface area contributed by atoms with Crippen LogP contribution in [0.15, 0.2) is 48.5 Å². The van der Waals surface area contributed by atoms with E-state index in [1.165, 1.54) is 0 Å². The smallest absolute Gasteiger partial charge is 0.324 e. The molecule has 4 atom stereocenters. The minimum Gasteiger partial charge on any atom is -0.465 e. The van der Waals surface area contributed by atoms with Gasteiger partial charge in [0, 0.05) is 4.92 Å². The molecule has 0 spiro atoms. The fourth-order valence-corrected chi connectivity index (χ4v) is 4.42. The first-order valence-corrected chi connectivity index (χ1v) is 9.49. The predicted octanol–water partition coefficient (Wildman–Crippen LogP) is 2.76. The maximum atomic E-state index is 12.9. The Morgan fingerprint density at radius 3 is 2.59 bits per heavy atom. The Bertz CT molecular complexity index is 919. The zero-order valence-corrected chi connectivity index (χ0v) is 16.2. The van der Waals surface area contributed by atoms with Gasteiger partial charge in [0.2, 0.25) is 12.8 Å². The number of benzene rings is 2. The number of hydrogen-bond acceptors (Lipinski definition) is 7. The summed E-state index contributed by atoms with van der Waals surface area (Å²) in [5.41, 5.74) is 1.44. The fraction of sp³-hybridized carbons (Fsp3) is 0.381. The Hall–Kier alpha value is -3.13. The van der Waals surface area contributed by atoms with Gasteiger partial charge in [0.15, 0.2) is 11.5 Å². The minimum absolute atomic E-state index is 0.107. The van der Waals surface area contributed by atoms with Gasteiger partial charge in [-0.25, -0.2) is 0 Å². The molecule has 2 aliphatic heterocycles. The second kappa shape index (κ2) is 7.71. The summed E-state index contributed by atoms with van der Waals surface area (Å²) < 4.78 is 16.1. The average Bonchev–Trinajstić information content (AvgIpc) is 3.30. The van der Waals surface area contributed by atoms with Crippen LogP contribution in [0.4, 0.5) is 0 Å². The van der Waals surface area contributed by atoms with Crippen LogP contribution < -0.4 is 9.47 Å². The molecule has 2 aromatic rings. The van der Waals surface area contributed by atoms with Crippen LogP contribution in [0.25, 0.3) is 0 Å². The topological polar surface area (TPSA) is 91.1 Å². The molecule has 0 N–H and O–H groups in total. The van der Waals surface area contributed by atoms with Gasteiger partial charge in [0.25, 0.3) is 0 Å². The lowest BCUT2D eigenvalue weighted by Gasteiger charge is -2.24. The molecule has 152 valence electrons. The summed E-state index contributed by atoms with van der Waals surface area (Å²) in [6.45, 7) is 2.04. The van der Waals surface area contributed by atoms with E-state index in [0.717, 1.165) is 5.56 Å². The lowest BCUT2D eigenvalue weighted by molar-refractivity contribution is -0.528. The van der Waals surface area contributed by atoms with Gasteiger partial charge in [0.05, 0.1) is 12.5 Å². The first-order valence-electron chi connectivity index (χ1n) is 9.49. The number of nitrogens with zero attached hydrogens (tertiary/aromatic N) is 2. The monoisotopic (exact) mass is 398 g/mol. The van der Waals surface area contributed by atoms with E-state index in [4.69, 9.17) is 14.2 Å². The van der Waals surface area contributed by atoms with Crippen LogP contribution in [0.3, 0.4) is 0 Å². The Balaban J connectivity index is 1.83. The highest BCUT2D eigenvalue weighted by molar-refractivity contribution is 5.78. The van der Waals surface area contributed by atoms with E-state index in [2.05, 4.69) is 0 Å². The zero-order valence-electron chi connectivity index (χ0n) is 16.2. The number of nitro groups is 1. The third-order valence-corrected chi connectivity index (χ3v) is 5.60.